The lowest BCUT2D eigenvalue weighted by atomic mass is 10.1. The molecule has 0 aromatic carbocycles. The number of hydrogen-bond donors (Lipinski definition) is 2. The van der Waals surface area contributed by atoms with Crippen molar-refractivity contribution in [3.63, 3.8) is 0 Å². The van der Waals surface area contributed by atoms with Gasteiger partial charge in [-0.3, -0.25) is 0 Å². The van der Waals surface area contributed by atoms with E-state index in [-0.39, 0.29) is 0 Å². The van der Waals surface area contributed by atoms with E-state index >= 15 is 0 Å². The molecule has 0 aliphatic rings. The van der Waals surface area contributed by atoms with Gasteiger partial charge in [-0.1, -0.05) is 97.3 Å². The first-order chi connectivity index (χ1) is 11.6. The van der Waals surface area contributed by atoms with Gasteiger partial charge in [-0.2, -0.15) is 14.3 Å². The molecule has 0 aromatic heterocycles. The fraction of sp³-hybridized carbons (Fsp3) is 1.00. The molecule has 0 fully saturated rings. The summed E-state index contributed by atoms with van der Waals surface area (Å²) in [6, 6.07) is 0. The van der Waals surface area contributed by atoms with E-state index in [0.29, 0.717) is 12.8 Å². The van der Waals surface area contributed by atoms with Crippen LogP contribution in [0.4, 0.5) is 0 Å². The first-order valence-electron chi connectivity index (χ1n) is 10.6. The Labute approximate surface area is 152 Å². The second-order valence-corrected chi connectivity index (χ2v) is 9.21. The molecule has 0 bridgehead atoms. The summed E-state index contributed by atoms with van der Waals surface area (Å²) in [7, 11) is -3.08. The van der Waals surface area contributed by atoms with E-state index in [0.717, 1.165) is 25.7 Å². The predicted octanol–water partition coefficient (Wildman–Crippen LogP) is 7.03. The topological polar surface area (TPSA) is 49.7 Å². The highest BCUT2D eigenvalue weighted by atomic mass is 31.2. The smallest absolute Gasteiger partial charge is 0.193 e. The highest BCUT2D eigenvalue weighted by Crippen LogP contribution is 2.51. The van der Waals surface area contributed by atoms with Crippen LogP contribution in [0, 0.1) is 0 Å². The van der Waals surface area contributed by atoms with E-state index in [1.54, 1.807) is 0 Å². The summed E-state index contributed by atoms with van der Waals surface area (Å²) in [6.07, 6.45) is 20.2. The fourth-order valence-electron chi connectivity index (χ4n) is 2.96. The third kappa shape index (κ3) is 18.6. The molecular weight excluding hydrogens is 319 g/mol. The van der Waals surface area contributed by atoms with Gasteiger partial charge in [0.2, 0.25) is 0 Å². The van der Waals surface area contributed by atoms with E-state index in [1.807, 2.05) is 0 Å². The molecule has 146 valence electrons. The Morgan fingerprint density at radius 2 is 0.917 bits per heavy atom. The molecule has 4 heteroatoms. The molecule has 0 aromatic rings. The van der Waals surface area contributed by atoms with Crippen LogP contribution in [0.5, 0.6) is 0 Å². The summed E-state index contributed by atoms with van der Waals surface area (Å²) in [6.45, 7) is 4.98. The Bertz CT molecular complexity index is 247. The molecule has 0 amide bonds. The van der Waals surface area contributed by atoms with E-state index in [1.165, 1.54) is 77.0 Å². The first-order valence-corrected chi connectivity index (χ1v) is 12.4. The lowest BCUT2D eigenvalue weighted by molar-refractivity contribution is 0.222. The SMILES string of the molecule is CCCCCCCCCCO[P+](O)(O)CCCCCCCCCC. The minimum absolute atomic E-state index is 0.443. The summed E-state index contributed by atoms with van der Waals surface area (Å²) in [5.41, 5.74) is 0. The second-order valence-electron chi connectivity index (χ2n) is 7.17. The summed E-state index contributed by atoms with van der Waals surface area (Å²) in [5.74, 6) is 0. The normalized spacial score (nSPS) is 12.0. The van der Waals surface area contributed by atoms with Gasteiger partial charge >= 0.3 is 7.94 Å². The molecule has 3 nitrogen and oxygen atoms in total. The Balaban J connectivity index is 3.32. The third-order valence-electron chi connectivity index (χ3n) is 4.60. The van der Waals surface area contributed by atoms with E-state index in [9.17, 15) is 9.79 Å². The average molecular weight is 364 g/mol. The van der Waals surface area contributed by atoms with Crippen molar-refractivity contribution in [2.24, 2.45) is 0 Å². The van der Waals surface area contributed by atoms with Crippen molar-refractivity contribution in [1.82, 2.24) is 0 Å². The van der Waals surface area contributed by atoms with Crippen LogP contribution in [-0.2, 0) is 4.52 Å². The standard InChI is InChI=1S/C20H44O3P/c1-3-5-7-9-11-13-15-17-19-23-24(21,22)20-18-16-14-12-10-8-6-4-2/h21-22H,3-20H2,1-2H3/q+1. The van der Waals surface area contributed by atoms with E-state index < -0.39 is 7.94 Å². The molecule has 0 saturated carbocycles. The van der Waals surface area contributed by atoms with Crippen molar-refractivity contribution < 1.29 is 14.3 Å². The van der Waals surface area contributed by atoms with Gasteiger partial charge in [0.1, 0.15) is 6.16 Å². The Morgan fingerprint density at radius 3 is 1.38 bits per heavy atom. The van der Waals surface area contributed by atoms with Crippen LogP contribution in [-0.4, -0.2) is 22.6 Å². The van der Waals surface area contributed by atoms with E-state index in [2.05, 4.69) is 13.8 Å². The lowest BCUT2D eigenvalue weighted by Gasteiger charge is -2.11. The zero-order valence-electron chi connectivity index (χ0n) is 16.5. The van der Waals surface area contributed by atoms with Crippen LogP contribution in [0.2, 0.25) is 0 Å². The molecular formula is C20H44O3P+. The number of unbranched alkanes of at least 4 members (excludes halogenated alkanes) is 14. The van der Waals surface area contributed by atoms with Crippen LogP contribution in [0.3, 0.4) is 0 Å². The van der Waals surface area contributed by atoms with Crippen LogP contribution in [0.1, 0.15) is 117 Å². The van der Waals surface area contributed by atoms with Gasteiger partial charge in [0.15, 0.2) is 0 Å². The van der Waals surface area contributed by atoms with Gasteiger partial charge in [-0.25, -0.2) is 0 Å². The Morgan fingerprint density at radius 1 is 0.542 bits per heavy atom. The zero-order valence-corrected chi connectivity index (χ0v) is 17.4. The summed E-state index contributed by atoms with van der Waals surface area (Å²) >= 11 is 0. The van der Waals surface area contributed by atoms with Crippen LogP contribution >= 0.6 is 7.94 Å². The van der Waals surface area contributed by atoms with Gasteiger partial charge in [-0.15, -0.1) is 0 Å². The number of rotatable bonds is 19. The minimum Gasteiger partial charge on any atom is -0.193 e. The van der Waals surface area contributed by atoms with Gasteiger partial charge in [0.05, 0.1) is 6.61 Å². The monoisotopic (exact) mass is 363 g/mol. The van der Waals surface area contributed by atoms with Crippen molar-refractivity contribution in [2.75, 3.05) is 12.8 Å². The zero-order chi connectivity index (χ0) is 17.9. The molecule has 0 unspecified atom stereocenters. The van der Waals surface area contributed by atoms with Crippen molar-refractivity contribution in [3.8, 4) is 0 Å². The largest absolute Gasteiger partial charge is 0.406 e. The molecule has 0 heterocycles. The summed E-state index contributed by atoms with van der Waals surface area (Å²) in [5, 5.41) is 0. The van der Waals surface area contributed by atoms with Crippen LogP contribution < -0.4 is 0 Å². The maximum atomic E-state index is 9.93. The van der Waals surface area contributed by atoms with Gasteiger partial charge < -0.3 is 0 Å². The molecule has 0 atom stereocenters. The molecule has 0 spiro atoms. The Kier molecular flexibility index (Phi) is 18.3. The fourth-order valence-corrected chi connectivity index (χ4v) is 4.15. The van der Waals surface area contributed by atoms with Gasteiger partial charge in [0.25, 0.3) is 0 Å². The highest BCUT2D eigenvalue weighted by molar-refractivity contribution is 7.59. The third-order valence-corrected chi connectivity index (χ3v) is 6.09. The maximum absolute atomic E-state index is 9.93. The van der Waals surface area contributed by atoms with Crippen LogP contribution in [0.25, 0.3) is 0 Å². The molecule has 0 saturated heterocycles. The quantitative estimate of drug-likeness (QED) is 0.191. The number of hydrogen-bond acceptors (Lipinski definition) is 3. The van der Waals surface area contributed by atoms with Crippen molar-refractivity contribution in [1.29, 1.82) is 0 Å². The van der Waals surface area contributed by atoms with E-state index in [4.69, 9.17) is 4.52 Å². The minimum atomic E-state index is -3.08. The van der Waals surface area contributed by atoms with Crippen LogP contribution in [0.15, 0.2) is 0 Å². The lowest BCUT2D eigenvalue weighted by Crippen LogP contribution is -2.03. The predicted molar refractivity (Wildman–Crippen MR) is 107 cm³/mol. The summed E-state index contributed by atoms with van der Waals surface area (Å²) < 4.78 is 5.36. The molecule has 0 aliphatic heterocycles. The highest BCUT2D eigenvalue weighted by Gasteiger charge is 2.34. The summed E-state index contributed by atoms with van der Waals surface area (Å²) in [4.78, 5) is 19.9. The molecule has 24 heavy (non-hydrogen) atoms. The van der Waals surface area contributed by atoms with Crippen molar-refractivity contribution >= 4 is 7.94 Å². The Hall–Kier alpha value is 0.310. The maximum Gasteiger partial charge on any atom is 0.406 e. The van der Waals surface area contributed by atoms with Gasteiger partial charge in [0, 0.05) is 0 Å². The molecule has 0 radical (unpaired) electrons. The first kappa shape index (κ1) is 24.3. The molecule has 0 rings (SSSR count). The molecule has 2 N–H and O–H groups in total. The van der Waals surface area contributed by atoms with Gasteiger partial charge in [-0.05, 0) is 19.3 Å². The second kappa shape index (κ2) is 18.1. The average Bonchev–Trinajstić information content (AvgIpc) is 2.55. The molecule has 0 aliphatic carbocycles. The van der Waals surface area contributed by atoms with Crippen molar-refractivity contribution in [3.05, 3.63) is 0 Å². The van der Waals surface area contributed by atoms with Crippen molar-refractivity contribution in [2.45, 2.75) is 117 Å².